The minimum absolute atomic E-state index is 0. The van der Waals surface area contributed by atoms with Crippen molar-refractivity contribution in [3.8, 4) is 22.4 Å². The number of hydrogen-bond donors (Lipinski definition) is 0. The van der Waals surface area contributed by atoms with Crippen LogP contribution in [0.1, 0.15) is 100 Å². The number of fused-ring (bicyclic) bond motifs is 4. The van der Waals surface area contributed by atoms with E-state index in [4.69, 9.17) is 10.3 Å². The molecule has 6 aromatic carbocycles. The van der Waals surface area contributed by atoms with Gasteiger partial charge < -0.3 is 15.2 Å². The molecule has 1 aliphatic heterocycles. The molecule has 2 aromatic heterocycles. The van der Waals surface area contributed by atoms with Crippen molar-refractivity contribution < 1.29 is 20.1 Å². The average molecular weight is 1050 g/mol. The normalized spacial score (nSPS) is 15.2. The Morgan fingerprint density at radius 1 is 0.719 bits per heavy atom. The van der Waals surface area contributed by atoms with Crippen LogP contribution in [0, 0.1) is 18.1 Å². The van der Waals surface area contributed by atoms with Crippen LogP contribution in [0.25, 0.3) is 47.9 Å². The standard InChI is InChI=1S/C37H32N2S.C21H28NSi.Ir/c1-23(2)29-21-27(25-12-6-5-7-13-25)22-30(24(3)4)36(29)39-33-16-10-9-15-32(33)38-37(39)26-18-19-35-31(20-26)28-14-8-11-17-34(28)40-35;1-23(2,3)21-16-22-20(18-12-8-5-9-13-18)15-19(21)14-17-10-6-4-7-11-17;/h5-17,19-24,37H,1-4H3;5,8-9,12,15-17H,4,6-7,10-11,14H2,1-3H3;/q-2;-1;+3. The number of anilines is 2. The monoisotopic (exact) mass is 1050 g/mol. The molecular formula is C58H60IrN3SSi. The maximum Gasteiger partial charge on any atom is 3.00 e. The van der Waals surface area contributed by atoms with E-state index < -0.39 is 8.07 Å². The van der Waals surface area contributed by atoms with Crippen LogP contribution >= 0.6 is 11.3 Å². The van der Waals surface area contributed by atoms with Gasteiger partial charge in [0.25, 0.3) is 0 Å². The summed E-state index contributed by atoms with van der Waals surface area (Å²) in [5.41, 5.74) is 13.6. The second kappa shape index (κ2) is 19.7. The van der Waals surface area contributed by atoms with Crippen LogP contribution in [0.5, 0.6) is 0 Å². The summed E-state index contributed by atoms with van der Waals surface area (Å²) in [5.74, 6) is 1.56. The molecule has 2 aliphatic rings. The van der Waals surface area contributed by atoms with Crippen molar-refractivity contribution in [2.75, 3.05) is 4.90 Å². The topological polar surface area (TPSA) is 30.2 Å². The Labute approximate surface area is 400 Å². The van der Waals surface area contributed by atoms with E-state index in [0.717, 1.165) is 34.1 Å². The molecule has 64 heavy (non-hydrogen) atoms. The number of hydrogen-bond acceptors (Lipinski definition) is 3. The first-order valence-corrected chi connectivity index (χ1v) is 27.5. The zero-order chi connectivity index (χ0) is 43.7. The molecule has 1 fully saturated rings. The average Bonchev–Trinajstić information content (AvgIpc) is 3.88. The minimum Gasteiger partial charge on any atom is -0.661 e. The molecule has 0 bridgehead atoms. The van der Waals surface area contributed by atoms with Gasteiger partial charge in [-0.05, 0) is 93.1 Å². The molecule has 1 saturated carbocycles. The van der Waals surface area contributed by atoms with Gasteiger partial charge in [-0.15, -0.1) is 47.0 Å². The van der Waals surface area contributed by atoms with Crippen molar-refractivity contribution in [3.63, 3.8) is 0 Å². The van der Waals surface area contributed by atoms with Gasteiger partial charge in [-0.2, -0.15) is 23.8 Å². The van der Waals surface area contributed by atoms with Crippen molar-refractivity contribution in [2.24, 2.45) is 5.92 Å². The van der Waals surface area contributed by atoms with Gasteiger partial charge in [0.05, 0.1) is 8.07 Å². The van der Waals surface area contributed by atoms with Gasteiger partial charge in [0.1, 0.15) is 0 Å². The van der Waals surface area contributed by atoms with Crippen LogP contribution in [0.2, 0.25) is 19.6 Å². The number of nitrogens with zero attached hydrogens (tertiary/aromatic N) is 3. The SMILES string of the molecule is CC(C)c1cc(-c2ccccc2)cc(C(C)C)c1N1c2ccccc2[N-]C1c1[c-]cc2sc3ccccc3c2c1.C[Si](C)(C)c1cnc(-c2[c-]cccc2)cc1CC1CCCCC1.[Ir+3]. The molecule has 0 N–H and O–H groups in total. The van der Waals surface area contributed by atoms with Gasteiger partial charge in [0, 0.05) is 22.3 Å². The van der Waals surface area contributed by atoms with E-state index in [2.05, 4.69) is 192 Å². The fourth-order valence-corrected chi connectivity index (χ4v) is 12.4. The summed E-state index contributed by atoms with van der Waals surface area (Å²) in [6.07, 6.45) is 10.3. The Morgan fingerprint density at radius 2 is 1.41 bits per heavy atom. The third-order valence-corrected chi connectivity index (χ3v) is 16.2. The Hall–Kier alpha value is -4.84. The molecule has 10 rings (SSSR count). The van der Waals surface area contributed by atoms with Gasteiger partial charge in [-0.1, -0.05) is 162 Å². The van der Waals surface area contributed by atoms with E-state index in [-0.39, 0.29) is 26.3 Å². The molecule has 8 aromatic rings. The third kappa shape index (κ3) is 9.58. The van der Waals surface area contributed by atoms with Gasteiger partial charge in [-0.25, -0.2) is 11.3 Å². The smallest absolute Gasteiger partial charge is 0.661 e. The summed E-state index contributed by atoms with van der Waals surface area (Å²) in [6.45, 7) is 16.5. The van der Waals surface area contributed by atoms with E-state index in [1.54, 1.807) is 10.8 Å². The zero-order valence-electron chi connectivity index (χ0n) is 38.4. The molecule has 0 radical (unpaired) electrons. The fourth-order valence-electron chi connectivity index (χ4n) is 9.76. The molecule has 1 unspecified atom stereocenters. The van der Waals surface area contributed by atoms with E-state index in [0.29, 0.717) is 11.8 Å². The van der Waals surface area contributed by atoms with Gasteiger partial charge in [0.2, 0.25) is 0 Å². The third-order valence-electron chi connectivity index (χ3n) is 13.0. The molecule has 0 spiro atoms. The quantitative estimate of drug-likeness (QED) is 0.107. The second-order valence-electron chi connectivity index (χ2n) is 19.3. The molecule has 3 heterocycles. The Kier molecular flexibility index (Phi) is 14.1. The van der Waals surface area contributed by atoms with Gasteiger partial charge in [0.15, 0.2) is 0 Å². The number of thiophene rings is 1. The van der Waals surface area contributed by atoms with Crippen LogP contribution < -0.4 is 10.1 Å². The van der Waals surface area contributed by atoms with E-state index >= 15 is 0 Å². The van der Waals surface area contributed by atoms with Crippen LogP contribution in [-0.2, 0) is 26.5 Å². The summed E-state index contributed by atoms with van der Waals surface area (Å²) < 4.78 is 2.58. The first kappa shape index (κ1) is 45.7. The minimum atomic E-state index is -1.36. The molecule has 1 atom stereocenters. The first-order chi connectivity index (χ1) is 30.5. The molecule has 3 nitrogen and oxygen atoms in total. The number of rotatable bonds is 9. The van der Waals surface area contributed by atoms with Crippen molar-refractivity contribution in [3.05, 3.63) is 179 Å². The van der Waals surface area contributed by atoms with E-state index in [9.17, 15) is 0 Å². The number of aromatic nitrogens is 1. The van der Waals surface area contributed by atoms with E-state index in [1.807, 2.05) is 23.5 Å². The summed E-state index contributed by atoms with van der Waals surface area (Å²) in [6, 6.07) is 54.8. The zero-order valence-corrected chi connectivity index (χ0v) is 42.6. The van der Waals surface area contributed by atoms with E-state index in [1.165, 1.54) is 86.6 Å². The largest absolute Gasteiger partial charge is 3.00 e. The van der Waals surface area contributed by atoms with Crippen molar-refractivity contribution in [1.29, 1.82) is 0 Å². The summed E-state index contributed by atoms with van der Waals surface area (Å²) in [5, 5.41) is 9.46. The van der Waals surface area contributed by atoms with Crippen LogP contribution in [-0.4, -0.2) is 13.1 Å². The van der Waals surface area contributed by atoms with Crippen LogP contribution in [0.15, 0.2) is 140 Å². The fraction of sp³-hybridized carbons (Fsp3) is 0.293. The van der Waals surface area contributed by atoms with Crippen LogP contribution in [0.4, 0.5) is 17.1 Å². The molecule has 1 aliphatic carbocycles. The maximum absolute atomic E-state index is 5.33. The van der Waals surface area contributed by atoms with Crippen molar-refractivity contribution >= 4 is 61.8 Å². The predicted octanol–water partition coefficient (Wildman–Crippen LogP) is 16.8. The van der Waals surface area contributed by atoms with Crippen molar-refractivity contribution in [1.82, 2.24) is 4.98 Å². The predicted molar refractivity (Wildman–Crippen MR) is 274 cm³/mol. The molecule has 326 valence electrons. The van der Waals surface area contributed by atoms with Crippen molar-refractivity contribution in [2.45, 2.75) is 104 Å². The summed E-state index contributed by atoms with van der Waals surface area (Å²) >= 11 is 1.83. The Bertz CT molecular complexity index is 2810. The molecule has 0 amide bonds. The molecular weight excluding hydrogens is 991 g/mol. The second-order valence-corrected chi connectivity index (χ2v) is 25.4. The van der Waals surface area contributed by atoms with Gasteiger partial charge in [-0.3, -0.25) is 0 Å². The summed E-state index contributed by atoms with van der Waals surface area (Å²) in [4.78, 5) is 7.26. The number of pyridine rings is 1. The number of para-hydroxylation sites is 2. The van der Waals surface area contributed by atoms with Gasteiger partial charge >= 0.3 is 20.1 Å². The first-order valence-electron chi connectivity index (χ1n) is 23.1. The summed E-state index contributed by atoms with van der Waals surface area (Å²) in [7, 11) is -1.36. The van der Waals surface area contributed by atoms with Crippen LogP contribution in [0.3, 0.4) is 0 Å². The Balaban J connectivity index is 0.000000199. The maximum atomic E-state index is 5.33. The molecule has 6 heteroatoms. The number of benzene rings is 6. The Morgan fingerprint density at radius 3 is 2.11 bits per heavy atom. The molecule has 0 saturated heterocycles.